The molecule has 2 N–H and O–H groups in total. The summed E-state index contributed by atoms with van der Waals surface area (Å²) in [5.74, 6) is 0. The molecule has 0 aliphatic heterocycles. The number of hydrogen-bond acceptors (Lipinski definition) is 2. The monoisotopic (exact) mass is 308 g/mol. The number of aryl methyl sites for hydroxylation is 1. The van der Waals surface area contributed by atoms with Crippen LogP contribution in [-0.2, 0) is 0 Å². The molecule has 2 aromatic rings. The van der Waals surface area contributed by atoms with E-state index in [0.29, 0.717) is 16.6 Å². The zero-order chi connectivity index (χ0) is 14.7. The average Bonchev–Trinajstić information content (AvgIpc) is 2.44. The number of benzene rings is 2. The van der Waals surface area contributed by atoms with Crippen molar-refractivity contribution in [2.45, 2.75) is 13.0 Å². The molecule has 106 valence electrons. The molecular weight excluding hydrogens is 291 g/mol. The van der Waals surface area contributed by atoms with Crippen molar-refractivity contribution >= 4 is 28.9 Å². The van der Waals surface area contributed by atoms with Gasteiger partial charge in [0.1, 0.15) is 0 Å². The summed E-state index contributed by atoms with van der Waals surface area (Å²) in [4.78, 5) is 2.15. The molecule has 2 rings (SSSR count). The van der Waals surface area contributed by atoms with E-state index in [2.05, 4.69) is 36.1 Å². The average molecular weight is 309 g/mol. The summed E-state index contributed by atoms with van der Waals surface area (Å²) in [5.41, 5.74) is 9.36. The molecule has 0 saturated heterocycles. The summed E-state index contributed by atoms with van der Waals surface area (Å²) in [6.45, 7) is 2.57. The third kappa shape index (κ3) is 3.26. The zero-order valence-electron chi connectivity index (χ0n) is 11.6. The van der Waals surface area contributed by atoms with Crippen LogP contribution in [-0.4, -0.2) is 13.6 Å². The highest BCUT2D eigenvalue weighted by molar-refractivity contribution is 6.42. The van der Waals surface area contributed by atoms with Gasteiger partial charge in [-0.2, -0.15) is 0 Å². The number of halogens is 2. The predicted molar refractivity (Wildman–Crippen MR) is 87.8 cm³/mol. The van der Waals surface area contributed by atoms with Crippen molar-refractivity contribution in [2.24, 2.45) is 5.73 Å². The number of rotatable bonds is 4. The summed E-state index contributed by atoms with van der Waals surface area (Å²) in [6, 6.07) is 14.1. The summed E-state index contributed by atoms with van der Waals surface area (Å²) in [5, 5.41) is 1.11. The molecule has 0 aliphatic carbocycles. The Morgan fingerprint density at radius 2 is 1.70 bits per heavy atom. The van der Waals surface area contributed by atoms with E-state index in [1.807, 2.05) is 25.2 Å². The molecule has 0 aromatic heterocycles. The smallest absolute Gasteiger partial charge is 0.0662 e. The number of nitrogens with two attached hydrogens (primary N) is 1. The van der Waals surface area contributed by atoms with Crippen LogP contribution in [0.2, 0.25) is 10.0 Å². The second-order valence-corrected chi connectivity index (χ2v) is 5.69. The largest absolute Gasteiger partial charge is 0.366 e. The molecule has 4 heteroatoms. The highest BCUT2D eigenvalue weighted by Gasteiger charge is 2.17. The second kappa shape index (κ2) is 6.49. The molecule has 0 aliphatic rings. The first kappa shape index (κ1) is 15.2. The summed E-state index contributed by atoms with van der Waals surface area (Å²) < 4.78 is 0. The van der Waals surface area contributed by atoms with Crippen molar-refractivity contribution in [3.63, 3.8) is 0 Å². The first-order valence-electron chi connectivity index (χ1n) is 6.47. The molecule has 0 amide bonds. The van der Waals surface area contributed by atoms with Crippen LogP contribution in [0.5, 0.6) is 0 Å². The van der Waals surface area contributed by atoms with Crippen molar-refractivity contribution in [3.05, 3.63) is 63.6 Å². The summed E-state index contributed by atoms with van der Waals surface area (Å²) in [6.07, 6.45) is 0. The van der Waals surface area contributed by atoms with Gasteiger partial charge in [-0.05, 0) is 36.8 Å². The van der Waals surface area contributed by atoms with Crippen molar-refractivity contribution in [3.8, 4) is 0 Å². The van der Waals surface area contributed by atoms with Gasteiger partial charge in [-0.1, -0.05) is 47.0 Å². The highest BCUT2D eigenvalue weighted by atomic mass is 35.5. The Labute approximate surface area is 130 Å². The van der Waals surface area contributed by atoms with Crippen LogP contribution in [0.15, 0.2) is 42.5 Å². The van der Waals surface area contributed by atoms with Gasteiger partial charge in [0.05, 0.1) is 16.1 Å². The standard InChI is InChI=1S/C16H18Cl2N2/c1-11-3-6-13(7-4-11)20(2)16(10-19)12-5-8-14(17)15(18)9-12/h3-9,16H,10,19H2,1-2H3. The first-order chi connectivity index (χ1) is 9.52. The van der Waals surface area contributed by atoms with Gasteiger partial charge in [-0.25, -0.2) is 0 Å². The minimum Gasteiger partial charge on any atom is -0.366 e. The molecule has 0 saturated carbocycles. The quantitative estimate of drug-likeness (QED) is 0.905. The third-order valence-electron chi connectivity index (χ3n) is 3.46. The number of anilines is 1. The van der Waals surface area contributed by atoms with Crippen LogP contribution in [0.1, 0.15) is 17.2 Å². The summed E-state index contributed by atoms with van der Waals surface area (Å²) in [7, 11) is 2.03. The molecule has 2 aromatic carbocycles. The van der Waals surface area contributed by atoms with E-state index in [0.717, 1.165) is 11.3 Å². The van der Waals surface area contributed by atoms with E-state index >= 15 is 0 Å². The van der Waals surface area contributed by atoms with Gasteiger partial charge in [0.15, 0.2) is 0 Å². The molecular formula is C16H18Cl2N2. The molecule has 0 bridgehead atoms. The highest BCUT2D eigenvalue weighted by Crippen LogP contribution is 2.30. The van der Waals surface area contributed by atoms with E-state index in [4.69, 9.17) is 28.9 Å². The Hall–Kier alpha value is -1.22. The molecule has 0 radical (unpaired) electrons. The van der Waals surface area contributed by atoms with E-state index < -0.39 is 0 Å². The molecule has 1 unspecified atom stereocenters. The first-order valence-corrected chi connectivity index (χ1v) is 7.23. The topological polar surface area (TPSA) is 29.3 Å². The molecule has 0 fully saturated rings. The molecule has 0 spiro atoms. The Kier molecular flexibility index (Phi) is 4.92. The van der Waals surface area contributed by atoms with Gasteiger partial charge in [0.2, 0.25) is 0 Å². The van der Waals surface area contributed by atoms with Crippen LogP contribution in [0, 0.1) is 6.92 Å². The Bertz CT molecular complexity index is 582. The maximum absolute atomic E-state index is 6.10. The number of hydrogen-bond donors (Lipinski definition) is 1. The van der Waals surface area contributed by atoms with Crippen LogP contribution in [0.25, 0.3) is 0 Å². The summed E-state index contributed by atoms with van der Waals surface area (Å²) >= 11 is 12.1. The van der Waals surface area contributed by atoms with Crippen LogP contribution in [0.3, 0.4) is 0 Å². The fourth-order valence-corrected chi connectivity index (χ4v) is 2.50. The molecule has 2 nitrogen and oxygen atoms in total. The fourth-order valence-electron chi connectivity index (χ4n) is 2.20. The molecule has 20 heavy (non-hydrogen) atoms. The Morgan fingerprint density at radius 1 is 1.05 bits per heavy atom. The van der Waals surface area contributed by atoms with Gasteiger partial charge in [0, 0.05) is 19.3 Å². The lowest BCUT2D eigenvalue weighted by Crippen LogP contribution is -2.30. The Balaban J connectivity index is 2.31. The van der Waals surface area contributed by atoms with Crippen molar-refractivity contribution in [1.82, 2.24) is 0 Å². The normalized spacial score (nSPS) is 12.2. The maximum atomic E-state index is 6.10. The van der Waals surface area contributed by atoms with Crippen LogP contribution in [0.4, 0.5) is 5.69 Å². The van der Waals surface area contributed by atoms with Crippen molar-refractivity contribution < 1.29 is 0 Å². The number of nitrogens with zero attached hydrogens (tertiary/aromatic N) is 1. The van der Waals surface area contributed by atoms with Gasteiger partial charge in [-0.3, -0.25) is 0 Å². The third-order valence-corrected chi connectivity index (χ3v) is 4.20. The maximum Gasteiger partial charge on any atom is 0.0662 e. The second-order valence-electron chi connectivity index (χ2n) is 4.87. The fraction of sp³-hybridized carbons (Fsp3) is 0.250. The molecule has 1 atom stereocenters. The molecule has 0 heterocycles. The van der Waals surface area contributed by atoms with Gasteiger partial charge in [-0.15, -0.1) is 0 Å². The minimum absolute atomic E-state index is 0.0625. The van der Waals surface area contributed by atoms with E-state index in [-0.39, 0.29) is 6.04 Å². The van der Waals surface area contributed by atoms with Crippen molar-refractivity contribution in [2.75, 3.05) is 18.5 Å². The predicted octanol–water partition coefficient (Wildman–Crippen LogP) is 4.44. The van der Waals surface area contributed by atoms with Crippen molar-refractivity contribution in [1.29, 1.82) is 0 Å². The van der Waals surface area contributed by atoms with E-state index in [9.17, 15) is 0 Å². The minimum atomic E-state index is 0.0625. The number of likely N-dealkylation sites (N-methyl/N-ethyl adjacent to an activating group) is 1. The van der Waals surface area contributed by atoms with E-state index in [1.165, 1.54) is 5.56 Å². The van der Waals surface area contributed by atoms with Crippen LogP contribution >= 0.6 is 23.2 Å². The van der Waals surface area contributed by atoms with Gasteiger partial charge < -0.3 is 10.6 Å². The zero-order valence-corrected chi connectivity index (χ0v) is 13.1. The van der Waals surface area contributed by atoms with Gasteiger partial charge >= 0.3 is 0 Å². The Morgan fingerprint density at radius 3 is 2.25 bits per heavy atom. The van der Waals surface area contributed by atoms with E-state index in [1.54, 1.807) is 0 Å². The lowest BCUT2D eigenvalue weighted by molar-refractivity contribution is 0.681. The lowest BCUT2D eigenvalue weighted by Gasteiger charge is -2.30. The van der Waals surface area contributed by atoms with Gasteiger partial charge in [0.25, 0.3) is 0 Å². The van der Waals surface area contributed by atoms with Crippen LogP contribution < -0.4 is 10.6 Å². The SMILES string of the molecule is Cc1ccc(N(C)C(CN)c2ccc(Cl)c(Cl)c2)cc1. The lowest BCUT2D eigenvalue weighted by atomic mass is 10.0.